The lowest BCUT2D eigenvalue weighted by Crippen LogP contribution is -1.93. The standard InChI is InChI=1S/C11H8BrClN2O/c12-8-1-4-10(5-2-8)16-11-6-3-9(7-13)14-15-11/h1-6H,7H2. The first-order valence-electron chi connectivity index (χ1n) is 4.60. The molecule has 1 heterocycles. The van der Waals surface area contributed by atoms with Crippen molar-refractivity contribution in [1.29, 1.82) is 0 Å². The minimum absolute atomic E-state index is 0.353. The van der Waals surface area contributed by atoms with Crippen molar-refractivity contribution in [2.24, 2.45) is 0 Å². The molecule has 2 aromatic rings. The fourth-order valence-corrected chi connectivity index (χ4v) is 1.50. The second kappa shape index (κ2) is 5.27. The quantitative estimate of drug-likeness (QED) is 0.809. The summed E-state index contributed by atoms with van der Waals surface area (Å²) in [6.07, 6.45) is 0. The number of halogens is 2. The van der Waals surface area contributed by atoms with E-state index in [2.05, 4.69) is 26.1 Å². The summed E-state index contributed by atoms with van der Waals surface area (Å²) in [5.41, 5.74) is 0.727. The molecule has 0 saturated carbocycles. The van der Waals surface area contributed by atoms with Gasteiger partial charge >= 0.3 is 0 Å². The summed E-state index contributed by atoms with van der Waals surface area (Å²) in [4.78, 5) is 0. The van der Waals surface area contributed by atoms with Crippen LogP contribution in [0.15, 0.2) is 40.9 Å². The maximum atomic E-state index is 5.61. The zero-order chi connectivity index (χ0) is 11.4. The van der Waals surface area contributed by atoms with Crippen LogP contribution in [0.25, 0.3) is 0 Å². The van der Waals surface area contributed by atoms with Crippen molar-refractivity contribution >= 4 is 27.5 Å². The van der Waals surface area contributed by atoms with E-state index in [0.717, 1.165) is 15.9 Å². The zero-order valence-corrected chi connectivity index (χ0v) is 10.6. The average molecular weight is 300 g/mol. The molecule has 0 spiro atoms. The van der Waals surface area contributed by atoms with Crippen molar-refractivity contribution in [3.8, 4) is 11.6 Å². The zero-order valence-electron chi connectivity index (χ0n) is 8.23. The summed E-state index contributed by atoms with van der Waals surface area (Å²) in [5, 5.41) is 7.79. The van der Waals surface area contributed by atoms with Gasteiger partial charge in [0.2, 0.25) is 5.88 Å². The Hall–Kier alpha value is -1.13. The number of benzene rings is 1. The summed E-state index contributed by atoms with van der Waals surface area (Å²) in [7, 11) is 0. The Morgan fingerprint density at radius 2 is 1.81 bits per heavy atom. The van der Waals surface area contributed by atoms with E-state index in [1.165, 1.54) is 0 Å². The van der Waals surface area contributed by atoms with Crippen LogP contribution in [0.3, 0.4) is 0 Å². The Labute approximate surface area is 107 Å². The Morgan fingerprint density at radius 1 is 1.06 bits per heavy atom. The molecular weight excluding hydrogens is 291 g/mol. The molecule has 3 nitrogen and oxygen atoms in total. The fraction of sp³-hybridized carbons (Fsp3) is 0.0909. The topological polar surface area (TPSA) is 35.0 Å². The highest BCUT2D eigenvalue weighted by atomic mass is 79.9. The first kappa shape index (κ1) is 11.4. The van der Waals surface area contributed by atoms with Crippen LogP contribution in [0.4, 0.5) is 0 Å². The molecule has 0 aliphatic carbocycles. The van der Waals surface area contributed by atoms with Gasteiger partial charge in [-0.15, -0.1) is 16.7 Å². The van der Waals surface area contributed by atoms with Gasteiger partial charge in [0.05, 0.1) is 11.6 Å². The molecule has 0 unspecified atom stereocenters. The minimum Gasteiger partial charge on any atom is -0.438 e. The van der Waals surface area contributed by atoms with Gasteiger partial charge in [0.1, 0.15) is 5.75 Å². The molecule has 0 atom stereocenters. The molecule has 0 radical (unpaired) electrons. The van der Waals surface area contributed by atoms with Crippen LogP contribution in [0.1, 0.15) is 5.69 Å². The molecule has 0 bridgehead atoms. The number of rotatable bonds is 3. The van der Waals surface area contributed by atoms with E-state index in [-0.39, 0.29) is 0 Å². The number of hydrogen-bond donors (Lipinski definition) is 0. The van der Waals surface area contributed by atoms with Crippen molar-refractivity contribution in [1.82, 2.24) is 10.2 Å². The van der Waals surface area contributed by atoms with Gasteiger partial charge in [-0.25, -0.2) is 0 Å². The molecule has 16 heavy (non-hydrogen) atoms. The fourth-order valence-electron chi connectivity index (χ4n) is 1.10. The van der Waals surface area contributed by atoms with Gasteiger partial charge < -0.3 is 4.74 Å². The van der Waals surface area contributed by atoms with Crippen molar-refractivity contribution in [2.45, 2.75) is 5.88 Å². The van der Waals surface area contributed by atoms with Gasteiger partial charge in [-0.05, 0) is 30.3 Å². The number of hydrogen-bond acceptors (Lipinski definition) is 3. The predicted octanol–water partition coefficient (Wildman–Crippen LogP) is 3.77. The molecule has 2 rings (SSSR count). The monoisotopic (exact) mass is 298 g/mol. The van der Waals surface area contributed by atoms with Gasteiger partial charge in [0.25, 0.3) is 0 Å². The summed E-state index contributed by atoms with van der Waals surface area (Å²) in [6.45, 7) is 0. The van der Waals surface area contributed by atoms with E-state index in [1.54, 1.807) is 12.1 Å². The number of aromatic nitrogens is 2. The Balaban J connectivity index is 2.11. The molecule has 82 valence electrons. The predicted molar refractivity (Wildman–Crippen MR) is 65.8 cm³/mol. The SMILES string of the molecule is ClCc1ccc(Oc2ccc(Br)cc2)nn1. The minimum atomic E-state index is 0.353. The lowest BCUT2D eigenvalue weighted by atomic mass is 10.3. The van der Waals surface area contributed by atoms with Crippen LogP contribution >= 0.6 is 27.5 Å². The third kappa shape index (κ3) is 2.93. The van der Waals surface area contributed by atoms with Crippen LogP contribution in [0.2, 0.25) is 0 Å². The summed E-state index contributed by atoms with van der Waals surface area (Å²) < 4.78 is 6.50. The van der Waals surface area contributed by atoms with Crippen LogP contribution in [0.5, 0.6) is 11.6 Å². The van der Waals surface area contributed by atoms with Gasteiger partial charge in [-0.3, -0.25) is 0 Å². The molecule has 5 heteroatoms. The van der Waals surface area contributed by atoms with Crippen molar-refractivity contribution in [3.05, 3.63) is 46.6 Å². The third-order valence-corrected chi connectivity index (χ3v) is 2.67. The van der Waals surface area contributed by atoms with Crippen molar-refractivity contribution in [3.63, 3.8) is 0 Å². The molecule has 0 N–H and O–H groups in total. The van der Waals surface area contributed by atoms with E-state index in [0.29, 0.717) is 11.8 Å². The first-order chi connectivity index (χ1) is 7.78. The highest BCUT2D eigenvalue weighted by Gasteiger charge is 1.99. The van der Waals surface area contributed by atoms with Gasteiger partial charge in [-0.2, -0.15) is 5.10 Å². The lowest BCUT2D eigenvalue weighted by Gasteiger charge is -2.03. The molecule has 0 saturated heterocycles. The molecule has 1 aromatic heterocycles. The third-order valence-electron chi connectivity index (χ3n) is 1.87. The van der Waals surface area contributed by atoms with E-state index in [9.17, 15) is 0 Å². The lowest BCUT2D eigenvalue weighted by molar-refractivity contribution is 0.454. The molecule has 0 fully saturated rings. The second-order valence-corrected chi connectivity index (χ2v) is 4.24. The largest absolute Gasteiger partial charge is 0.438 e. The van der Waals surface area contributed by atoms with Crippen LogP contribution in [-0.2, 0) is 5.88 Å². The maximum Gasteiger partial charge on any atom is 0.238 e. The summed E-state index contributed by atoms with van der Waals surface area (Å²) >= 11 is 8.96. The van der Waals surface area contributed by atoms with Crippen LogP contribution in [0, 0.1) is 0 Å². The number of ether oxygens (including phenoxy) is 1. The van der Waals surface area contributed by atoms with E-state index in [1.807, 2.05) is 24.3 Å². The maximum absolute atomic E-state index is 5.61. The Morgan fingerprint density at radius 3 is 2.38 bits per heavy atom. The van der Waals surface area contributed by atoms with Crippen molar-refractivity contribution in [2.75, 3.05) is 0 Å². The van der Waals surface area contributed by atoms with Gasteiger partial charge in [0, 0.05) is 10.5 Å². The summed E-state index contributed by atoms with van der Waals surface area (Å²) in [6, 6.07) is 11.0. The smallest absolute Gasteiger partial charge is 0.238 e. The number of alkyl halides is 1. The highest BCUT2D eigenvalue weighted by molar-refractivity contribution is 9.10. The van der Waals surface area contributed by atoms with Crippen molar-refractivity contribution < 1.29 is 4.74 Å². The van der Waals surface area contributed by atoms with Gasteiger partial charge in [0.15, 0.2) is 0 Å². The Bertz CT molecular complexity index is 458. The highest BCUT2D eigenvalue weighted by Crippen LogP contribution is 2.21. The van der Waals surface area contributed by atoms with Crippen LogP contribution in [-0.4, -0.2) is 10.2 Å². The second-order valence-electron chi connectivity index (χ2n) is 3.05. The average Bonchev–Trinajstić information content (AvgIpc) is 2.33. The first-order valence-corrected chi connectivity index (χ1v) is 5.92. The van der Waals surface area contributed by atoms with E-state index < -0.39 is 0 Å². The molecule has 0 aliphatic rings. The molecule has 0 amide bonds. The van der Waals surface area contributed by atoms with E-state index in [4.69, 9.17) is 16.3 Å². The Kier molecular flexibility index (Phi) is 3.74. The van der Waals surface area contributed by atoms with Gasteiger partial charge in [-0.1, -0.05) is 15.9 Å². The molecule has 1 aromatic carbocycles. The summed E-state index contributed by atoms with van der Waals surface area (Å²) in [5.74, 6) is 1.53. The van der Waals surface area contributed by atoms with Crippen LogP contribution < -0.4 is 4.74 Å². The number of nitrogens with zero attached hydrogens (tertiary/aromatic N) is 2. The normalized spacial score (nSPS) is 10.1. The molecular formula is C11H8BrClN2O. The van der Waals surface area contributed by atoms with E-state index >= 15 is 0 Å². The molecule has 0 aliphatic heterocycles.